The van der Waals surface area contributed by atoms with Gasteiger partial charge < -0.3 is 0 Å². The fourth-order valence-electron chi connectivity index (χ4n) is 3.12. The summed E-state index contributed by atoms with van der Waals surface area (Å²) in [6.45, 7) is 1.86. The summed E-state index contributed by atoms with van der Waals surface area (Å²) in [6, 6.07) is 5.27. The molecule has 0 amide bonds. The zero-order valence-corrected chi connectivity index (χ0v) is 13.8. The molecule has 0 radical (unpaired) electrons. The van der Waals surface area contributed by atoms with Gasteiger partial charge in [-0.1, -0.05) is 6.07 Å². The van der Waals surface area contributed by atoms with Crippen LogP contribution in [0.4, 0.5) is 8.78 Å². The number of hydrogen-bond acceptors (Lipinski definition) is 3. The van der Waals surface area contributed by atoms with Crippen molar-refractivity contribution in [1.82, 2.24) is 4.98 Å². The highest BCUT2D eigenvalue weighted by atomic mass is 32.2. The van der Waals surface area contributed by atoms with Gasteiger partial charge in [-0.3, -0.25) is 4.98 Å². The van der Waals surface area contributed by atoms with E-state index in [1.807, 2.05) is 13.0 Å². The second-order valence-electron chi connectivity index (χ2n) is 5.75. The third kappa shape index (κ3) is 2.97. The summed E-state index contributed by atoms with van der Waals surface area (Å²) in [7, 11) is -4.31. The Labute approximate surface area is 139 Å². The number of aromatic nitrogens is 1. The quantitative estimate of drug-likeness (QED) is 0.922. The minimum absolute atomic E-state index is 0.0793. The number of hydrogen-bond donors (Lipinski definition) is 1. The number of benzene rings is 1. The van der Waals surface area contributed by atoms with E-state index in [4.69, 9.17) is 5.14 Å². The van der Waals surface area contributed by atoms with Crippen LogP contribution >= 0.6 is 0 Å². The van der Waals surface area contributed by atoms with Gasteiger partial charge in [-0.2, -0.15) is 0 Å². The van der Waals surface area contributed by atoms with Gasteiger partial charge in [0.1, 0.15) is 16.5 Å². The van der Waals surface area contributed by atoms with Crippen molar-refractivity contribution in [3.63, 3.8) is 0 Å². The molecular weight excluding hydrogens is 334 g/mol. The Morgan fingerprint density at radius 2 is 1.75 bits per heavy atom. The summed E-state index contributed by atoms with van der Waals surface area (Å²) in [4.78, 5) is 3.41. The molecule has 0 bridgehead atoms. The Kier molecular flexibility index (Phi) is 4.23. The molecule has 126 valence electrons. The largest absolute Gasteiger partial charge is 0.261 e. The summed E-state index contributed by atoms with van der Waals surface area (Å²) in [5.74, 6) is -1.84. The maximum absolute atomic E-state index is 14.5. The van der Waals surface area contributed by atoms with Crippen molar-refractivity contribution in [2.45, 2.75) is 31.1 Å². The lowest BCUT2D eigenvalue weighted by Gasteiger charge is -2.12. The van der Waals surface area contributed by atoms with Crippen LogP contribution in [0.25, 0.3) is 11.1 Å². The average molecular weight is 350 g/mol. The van der Waals surface area contributed by atoms with Gasteiger partial charge in [-0.05, 0) is 61.1 Å². The molecule has 1 aliphatic carbocycles. The van der Waals surface area contributed by atoms with Gasteiger partial charge in [0.15, 0.2) is 0 Å². The maximum atomic E-state index is 14.5. The maximum Gasteiger partial charge on any atom is 0.241 e. The normalized spacial score (nSPS) is 15.2. The van der Waals surface area contributed by atoms with E-state index < -0.39 is 26.6 Å². The fraction of sp³-hybridized carbons (Fsp3) is 0.235. The number of allylic oxidation sites excluding steroid dienone is 2. The van der Waals surface area contributed by atoms with Crippen LogP contribution in [0.5, 0.6) is 0 Å². The van der Waals surface area contributed by atoms with E-state index in [0.717, 1.165) is 35.7 Å². The molecule has 0 atom stereocenters. The van der Waals surface area contributed by atoms with Crippen LogP contribution in [0.15, 0.2) is 35.4 Å². The highest BCUT2D eigenvalue weighted by Gasteiger charge is 2.25. The van der Waals surface area contributed by atoms with Gasteiger partial charge in [0.05, 0.1) is 0 Å². The lowest BCUT2D eigenvalue weighted by molar-refractivity contribution is 0.552. The van der Waals surface area contributed by atoms with Gasteiger partial charge in [0.2, 0.25) is 10.0 Å². The average Bonchev–Trinajstić information content (AvgIpc) is 2.97. The smallest absolute Gasteiger partial charge is 0.241 e. The van der Waals surface area contributed by atoms with Gasteiger partial charge in [-0.25, -0.2) is 22.3 Å². The number of rotatable bonds is 3. The topological polar surface area (TPSA) is 73.0 Å². The Bertz CT molecular complexity index is 953. The first-order valence-electron chi connectivity index (χ1n) is 7.45. The Balaban J connectivity index is 2.20. The molecule has 1 aliphatic rings. The van der Waals surface area contributed by atoms with E-state index in [1.165, 1.54) is 0 Å². The van der Waals surface area contributed by atoms with E-state index in [0.29, 0.717) is 18.1 Å². The first-order valence-corrected chi connectivity index (χ1v) is 9.00. The van der Waals surface area contributed by atoms with Crippen LogP contribution in [-0.2, 0) is 10.0 Å². The number of pyridine rings is 1. The number of primary sulfonamides is 1. The second kappa shape index (κ2) is 6.07. The van der Waals surface area contributed by atoms with Gasteiger partial charge in [0.25, 0.3) is 0 Å². The molecule has 4 nitrogen and oxygen atoms in total. The predicted octanol–water partition coefficient (Wildman–Crippen LogP) is 3.41. The van der Waals surface area contributed by atoms with Gasteiger partial charge >= 0.3 is 0 Å². The monoisotopic (exact) mass is 350 g/mol. The number of nitrogens with zero attached hydrogens (tertiary/aromatic N) is 1. The van der Waals surface area contributed by atoms with E-state index in [1.54, 1.807) is 12.3 Å². The first kappa shape index (κ1) is 16.7. The molecule has 0 fully saturated rings. The number of aryl methyl sites for hydroxylation is 1. The molecule has 1 aromatic carbocycles. The molecule has 2 aromatic rings. The van der Waals surface area contributed by atoms with Gasteiger partial charge in [-0.15, -0.1) is 0 Å². The minimum Gasteiger partial charge on any atom is -0.261 e. The second-order valence-corrected chi connectivity index (χ2v) is 7.28. The van der Waals surface area contributed by atoms with Crippen molar-refractivity contribution in [3.05, 3.63) is 58.9 Å². The van der Waals surface area contributed by atoms with Crippen LogP contribution in [0.1, 0.15) is 36.1 Å². The number of sulfonamides is 1. The summed E-state index contributed by atoms with van der Waals surface area (Å²) >= 11 is 0. The third-order valence-electron chi connectivity index (χ3n) is 4.20. The predicted molar refractivity (Wildman–Crippen MR) is 87.4 cm³/mol. The lowest BCUT2D eigenvalue weighted by Crippen LogP contribution is -2.15. The summed E-state index contributed by atoms with van der Waals surface area (Å²) in [6.07, 6.45) is 3.82. The van der Waals surface area contributed by atoms with E-state index in [-0.39, 0.29) is 5.56 Å². The van der Waals surface area contributed by atoms with E-state index >= 15 is 0 Å². The summed E-state index contributed by atoms with van der Waals surface area (Å²) < 4.78 is 51.2. The van der Waals surface area contributed by atoms with E-state index in [9.17, 15) is 17.2 Å². The third-order valence-corrected chi connectivity index (χ3v) is 5.13. The molecule has 0 unspecified atom stereocenters. The van der Waals surface area contributed by atoms with Crippen LogP contribution in [0.2, 0.25) is 0 Å². The molecule has 0 saturated carbocycles. The van der Waals surface area contributed by atoms with Crippen LogP contribution in [0, 0.1) is 18.6 Å². The van der Waals surface area contributed by atoms with Crippen LogP contribution in [-0.4, -0.2) is 13.4 Å². The van der Waals surface area contributed by atoms with Crippen molar-refractivity contribution in [3.8, 4) is 0 Å². The molecule has 0 saturated heterocycles. The molecule has 3 rings (SSSR count). The van der Waals surface area contributed by atoms with Crippen molar-refractivity contribution < 1.29 is 17.2 Å². The molecule has 2 N–H and O–H groups in total. The lowest BCUT2D eigenvalue weighted by atomic mass is 9.96. The number of halogens is 2. The van der Waals surface area contributed by atoms with Crippen molar-refractivity contribution in [2.24, 2.45) is 5.14 Å². The standard InChI is InChI=1S/C17H16F2N2O2S/c1-10-11(6-3-7-21-10)12-4-2-5-13(12)14-8-16(19)17(9-15(14)18)24(20,22)23/h3,6-9H,2,4-5H2,1H3,(H2,20,22,23). The zero-order chi connectivity index (χ0) is 17.5. The minimum atomic E-state index is -4.31. The Hall–Kier alpha value is -2.12. The summed E-state index contributed by atoms with van der Waals surface area (Å²) in [5, 5.41) is 4.91. The van der Waals surface area contributed by atoms with Crippen molar-refractivity contribution >= 4 is 21.2 Å². The number of nitrogens with two attached hydrogens (primary N) is 1. The first-order chi connectivity index (χ1) is 11.3. The molecule has 1 heterocycles. The fourth-order valence-corrected chi connectivity index (χ4v) is 3.72. The molecule has 0 aliphatic heterocycles. The summed E-state index contributed by atoms with van der Waals surface area (Å²) in [5.41, 5.74) is 3.40. The Morgan fingerprint density at radius 1 is 1.08 bits per heavy atom. The van der Waals surface area contributed by atoms with Gasteiger partial charge in [0, 0.05) is 17.5 Å². The van der Waals surface area contributed by atoms with Crippen LogP contribution < -0.4 is 5.14 Å². The SMILES string of the molecule is Cc1ncccc1C1=C(c2cc(F)c(S(N)(=O)=O)cc2F)CCC1. The van der Waals surface area contributed by atoms with Crippen LogP contribution in [0.3, 0.4) is 0 Å². The van der Waals surface area contributed by atoms with E-state index in [2.05, 4.69) is 4.98 Å². The Morgan fingerprint density at radius 3 is 2.38 bits per heavy atom. The molecule has 1 aromatic heterocycles. The van der Waals surface area contributed by atoms with Crippen molar-refractivity contribution in [2.75, 3.05) is 0 Å². The molecule has 24 heavy (non-hydrogen) atoms. The highest BCUT2D eigenvalue weighted by molar-refractivity contribution is 7.89. The molecule has 7 heteroatoms. The zero-order valence-electron chi connectivity index (χ0n) is 13.0. The highest BCUT2D eigenvalue weighted by Crippen LogP contribution is 2.41. The van der Waals surface area contributed by atoms with Crippen molar-refractivity contribution in [1.29, 1.82) is 0 Å². The molecule has 0 spiro atoms. The molecular formula is C17H16F2N2O2S.